The highest BCUT2D eigenvalue weighted by Gasteiger charge is 2.42. The summed E-state index contributed by atoms with van der Waals surface area (Å²) in [4.78, 5) is 13.8. The molecule has 2 aromatic heterocycles. The number of para-hydroxylation sites is 1. The lowest BCUT2D eigenvalue weighted by atomic mass is 9.94. The van der Waals surface area contributed by atoms with Crippen molar-refractivity contribution in [3.05, 3.63) is 75.1 Å². The maximum Gasteiger partial charge on any atom is 0.346 e. The lowest BCUT2D eigenvalue weighted by Gasteiger charge is -2.28. The molecule has 1 aliphatic heterocycles. The Labute approximate surface area is 204 Å². The van der Waals surface area contributed by atoms with Crippen LogP contribution in [0.1, 0.15) is 42.4 Å². The van der Waals surface area contributed by atoms with Gasteiger partial charge in [0.1, 0.15) is 5.75 Å². The first kappa shape index (κ1) is 25.4. The summed E-state index contributed by atoms with van der Waals surface area (Å²) in [6, 6.07) is 16.8. The number of carbonyl (C=O) groups is 1. The maximum absolute atomic E-state index is 11.2. The van der Waals surface area contributed by atoms with E-state index in [2.05, 4.69) is 6.92 Å². The van der Waals surface area contributed by atoms with E-state index in [1.165, 1.54) is 68.0 Å². The fourth-order valence-electron chi connectivity index (χ4n) is 4.07. The lowest BCUT2D eigenvalue weighted by molar-refractivity contribution is -0.906. The van der Waals surface area contributed by atoms with Crippen molar-refractivity contribution in [1.82, 2.24) is 0 Å². The number of aliphatic carboxylic acids is 1. The Kier molecular flexibility index (Phi) is 9.94. The van der Waals surface area contributed by atoms with Gasteiger partial charge in [0.25, 0.3) is 0 Å². The van der Waals surface area contributed by atoms with Crippen molar-refractivity contribution >= 4 is 28.6 Å². The van der Waals surface area contributed by atoms with Crippen LogP contribution in [0, 0.1) is 5.92 Å². The largest absolute Gasteiger partial charge is 0.493 e. The Balaban J connectivity index is 0.000000189. The van der Waals surface area contributed by atoms with Gasteiger partial charge in [-0.25, -0.2) is 4.79 Å². The predicted octanol–water partition coefficient (Wildman–Crippen LogP) is 4.29. The zero-order valence-corrected chi connectivity index (χ0v) is 20.7. The molecule has 1 fully saturated rings. The average molecular weight is 489 g/mol. The third kappa shape index (κ3) is 7.14. The van der Waals surface area contributed by atoms with Crippen molar-refractivity contribution in [3.63, 3.8) is 0 Å². The third-order valence-electron chi connectivity index (χ3n) is 6.14. The van der Waals surface area contributed by atoms with Gasteiger partial charge in [0.05, 0.1) is 36.0 Å². The van der Waals surface area contributed by atoms with Crippen molar-refractivity contribution in [3.8, 4) is 5.75 Å². The number of piperidine rings is 1. The minimum Gasteiger partial charge on any atom is -0.493 e. The molecule has 0 radical (unpaired) electrons. The number of thiophene rings is 2. The van der Waals surface area contributed by atoms with Crippen molar-refractivity contribution in [2.45, 2.75) is 38.2 Å². The third-order valence-corrected chi connectivity index (χ3v) is 8.10. The average Bonchev–Trinajstić information content (AvgIpc) is 3.58. The number of nitrogens with one attached hydrogen (secondary N) is 1. The molecule has 0 aliphatic carbocycles. The molecule has 1 aliphatic rings. The van der Waals surface area contributed by atoms with Crippen LogP contribution in [0.3, 0.4) is 0 Å². The number of likely N-dealkylation sites (tertiary alicyclic amines) is 1. The van der Waals surface area contributed by atoms with Crippen LogP contribution < -0.4 is 9.64 Å². The van der Waals surface area contributed by atoms with Crippen LogP contribution in [0.5, 0.6) is 5.75 Å². The summed E-state index contributed by atoms with van der Waals surface area (Å²) in [5, 5.41) is 22.9. The Morgan fingerprint density at radius 3 is 2.12 bits per heavy atom. The summed E-state index contributed by atoms with van der Waals surface area (Å²) in [6.45, 7) is 7.17. The van der Waals surface area contributed by atoms with E-state index < -0.39 is 11.6 Å². The molecular formula is C26H34NO4S2+. The van der Waals surface area contributed by atoms with Gasteiger partial charge in [-0.1, -0.05) is 43.7 Å². The molecule has 3 N–H and O–H groups in total. The summed E-state index contributed by atoms with van der Waals surface area (Å²) in [5.41, 5.74) is -1.90. The van der Waals surface area contributed by atoms with Gasteiger partial charge in [-0.15, -0.1) is 22.7 Å². The van der Waals surface area contributed by atoms with Crippen LogP contribution >= 0.6 is 22.7 Å². The molecule has 0 saturated carbocycles. The number of quaternary nitrogens is 1. The second-order valence-corrected chi connectivity index (χ2v) is 10.2. The molecule has 0 amide bonds. The molecule has 0 unspecified atom stereocenters. The van der Waals surface area contributed by atoms with E-state index in [4.69, 9.17) is 9.84 Å². The van der Waals surface area contributed by atoms with E-state index in [0.29, 0.717) is 9.75 Å². The summed E-state index contributed by atoms with van der Waals surface area (Å²) in [5.74, 6) is 0.749. The SMILES string of the molecule is CCC1CC[NH+](CCCOc2ccccc2)CC1.O=C(O)C(O)(c1cccs1)c1cccs1. The highest BCUT2D eigenvalue weighted by atomic mass is 32.1. The van der Waals surface area contributed by atoms with Crippen LogP contribution in [-0.2, 0) is 10.4 Å². The summed E-state index contributed by atoms with van der Waals surface area (Å²) in [6.07, 6.45) is 5.38. The lowest BCUT2D eigenvalue weighted by Crippen LogP contribution is -3.13. The van der Waals surface area contributed by atoms with Crippen molar-refractivity contribution in [2.75, 3.05) is 26.2 Å². The van der Waals surface area contributed by atoms with Gasteiger partial charge in [-0.3, -0.25) is 0 Å². The predicted molar refractivity (Wildman–Crippen MR) is 134 cm³/mol. The smallest absolute Gasteiger partial charge is 0.346 e. The van der Waals surface area contributed by atoms with Crippen molar-refractivity contribution in [1.29, 1.82) is 0 Å². The maximum atomic E-state index is 11.2. The minimum absolute atomic E-state index is 0.428. The first-order valence-corrected chi connectivity index (χ1v) is 13.3. The van der Waals surface area contributed by atoms with E-state index in [1.807, 2.05) is 30.3 Å². The molecule has 4 rings (SSSR count). The van der Waals surface area contributed by atoms with Gasteiger partial charge in [-0.05, 0) is 53.8 Å². The van der Waals surface area contributed by atoms with Crippen LogP contribution in [0.4, 0.5) is 0 Å². The topological polar surface area (TPSA) is 71.2 Å². The normalized spacial score (nSPS) is 18.2. The fourth-order valence-corrected chi connectivity index (χ4v) is 5.80. The molecule has 3 heterocycles. The minimum atomic E-state index is -1.90. The molecule has 0 atom stereocenters. The zero-order chi connectivity index (χ0) is 23.5. The molecule has 3 aromatic rings. The number of hydrogen-bond donors (Lipinski definition) is 3. The van der Waals surface area contributed by atoms with Crippen LogP contribution in [0.15, 0.2) is 65.4 Å². The van der Waals surface area contributed by atoms with Crippen molar-refractivity contribution < 1.29 is 24.6 Å². The van der Waals surface area contributed by atoms with E-state index >= 15 is 0 Å². The Morgan fingerprint density at radius 1 is 1.03 bits per heavy atom. The Morgan fingerprint density at radius 2 is 1.64 bits per heavy atom. The standard InChI is InChI=1S/C16H25NO.C10H8O3S2/c1-2-15-9-12-17(13-10-15)11-6-14-18-16-7-4-3-5-8-16;11-9(12)10(13,7-3-1-5-14-7)8-4-2-6-15-8/h3-5,7-8,15H,2,6,9-14H2,1H3;1-6,13H,(H,11,12)/p+1. The first-order valence-electron chi connectivity index (χ1n) is 11.6. The zero-order valence-electron chi connectivity index (χ0n) is 19.1. The molecule has 1 saturated heterocycles. The summed E-state index contributed by atoms with van der Waals surface area (Å²) in [7, 11) is 0. The van der Waals surface area contributed by atoms with Crippen molar-refractivity contribution in [2.24, 2.45) is 5.92 Å². The number of benzene rings is 1. The second kappa shape index (κ2) is 12.9. The molecule has 33 heavy (non-hydrogen) atoms. The van der Waals surface area contributed by atoms with Crippen LogP contribution in [0.2, 0.25) is 0 Å². The molecule has 1 aromatic carbocycles. The number of aliphatic hydroxyl groups is 1. The number of ether oxygens (including phenoxy) is 1. The molecule has 0 bridgehead atoms. The highest BCUT2D eigenvalue weighted by Crippen LogP contribution is 2.35. The van der Waals surface area contributed by atoms with E-state index in [-0.39, 0.29) is 0 Å². The van der Waals surface area contributed by atoms with E-state index in [0.717, 1.165) is 18.3 Å². The second-order valence-electron chi connectivity index (χ2n) is 8.34. The summed E-state index contributed by atoms with van der Waals surface area (Å²) < 4.78 is 5.73. The number of carboxylic acid groups (broad SMARTS) is 1. The number of rotatable bonds is 9. The molecule has 5 nitrogen and oxygen atoms in total. The van der Waals surface area contributed by atoms with Gasteiger partial charge in [-0.2, -0.15) is 0 Å². The number of hydrogen-bond acceptors (Lipinski definition) is 5. The molecule has 7 heteroatoms. The quantitative estimate of drug-likeness (QED) is 0.393. The molecular weight excluding hydrogens is 454 g/mol. The monoisotopic (exact) mass is 488 g/mol. The van der Waals surface area contributed by atoms with Crippen LogP contribution in [0.25, 0.3) is 0 Å². The summed E-state index contributed by atoms with van der Waals surface area (Å²) >= 11 is 2.46. The van der Waals surface area contributed by atoms with Gasteiger partial charge in [0.15, 0.2) is 0 Å². The Hall–Kier alpha value is -2.19. The van der Waals surface area contributed by atoms with Gasteiger partial charge in [0.2, 0.25) is 5.60 Å². The van der Waals surface area contributed by atoms with Gasteiger partial charge < -0.3 is 19.8 Å². The van der Waals surface area contributed by atoms with Crippen LogP contribution in [-0.4, -0.2) is 42.4 Å². The van der Waals surface area contributed by atoms with E-state index in [1.54, 1.807) is 39.9 Å². The molecule has 0 spiro atoms. The first-order chi connectivity index (χ1) is 16.0. The number of carboxylic acids is 1. The van der Waals surface area contributed by atoms with E-state index in [9.17, 15) is 9.90 Å². The molecule has 178 valence electrons. The highest BCUT2D eigenvalue weighted by molar-refractivity contribution is 7.12. The fraction of sp³-hybridized carbons (Fsp3) is 0.423. The Bertz CT molecular complexity index is 886. The van der Waals surface area contributed by atoms with Gasteiger partial charge in [0, 0.05) is 6.42 Å². The van der Waals surface area contributed by atoms with Gasteiger partial charge >= 0.3 is 5.97 Å².